The topological polar surface area (TPSA) is 38.5 Å². The van der Waals surface area contributed by atoms with Crippen molar-refractivity contribution in [2.24, 2.45) is 5.92 Å². The van der Waals surface area contributed by atoms with Crippen molar-refractivity contribution in [3.05, 3.63) is 18.2 Å². The number of rotatable bonds is 6. The molecule has 0 radical (unpaired) electrons. The predicted octanol–water partition coefficient (Wildman–Crippen LogP) is 3.29. The van der Waals surface area contributed by atoms with Crippen molar-refractivity contribution in [2.45, 2.75) is 39.2 Å². The Balaban J connectivity index is 2.12. The molecule has 0 heterocycles. The maximum Gasteiger partial charge on any atom is 0.123 e. The van der Waals surface area contributed by atoms with Gasteiger partial charge in [0.25, 0.3) is 0 Å². The maximum atomic E-state index is 5.95. The molecule has 3 nitrogen and oxygen atoms in total. The van der Waals surface area contributed by atoms with Crippen molar-refractivity contribution in [1.29, 1.82) is 0 Å². The minimum Gasteiger partial charge on any atom is -0.493 e. The normalized spacial score (nSPS) is 16.4. The molecule has 1 fully saturated rings. The van der Waals surface area contributed by atoms with Crippen molar-refractivity contribution < 1.29 is 4.74 Å². The lowest BCUT2D eigenvalue weighted by Gasteiger charge is -2.27. The highest BCUT2D eigenvalue weighted by molar-refractivity contribution is 5.60. The summed E-state index contributed by atoms with van der Waals surface area (Å²) >= 11 is 0. The zero-order valence-corrected chi connectivity index (χ0v) is 11.6. The lowest BCUT2D eigenvalue weighted by Crippen LogP contribution is -2.30. The van der Waals surface area contributed by atoms with Gasteiger partial charge < -0.3 is 15.4 Å². The van der Waals surface area contributed by atoms with Crippen molar-refractivity contribution in [1.82, 2.24) is 0 Å². The molecule has 0 saturated heterocycles. The first-order valence-corrected chi connectivity index (χ1v) is 6.88. The summed E-state index contributed by atoms with van der Waals surface area (Å²) in [6.45, 7) is 5.13. The Morgan fingerprint density at radius 3 is 2.72 bits per heavy atom. The van der Waals surface area contributed by atoms with Crippen LogP contribution in [0, 0.1) is 5.92 Å². The Morgan fingerprint density at radius 1 is 1.39 bits per heavy atom. The van der Waals surface area contributed by atoms with E-state index in [0.717, 1.165) is 36.1 Å². The highest BCUT2D eigenvalue weighted by Gasteiger charge is 2.30. The molecule has 0 aromatic heterocycles. The molecule has 1 saturated carbocycles. The number of benzene rings is 1. The predicted molar refractivity (Wildman–Crippen MR) is 77.2 cm³/mol. The average molecular weight is 248 g/mol. The Morgan fingerprint density at radius 2 is 2.11 bits per heavy atom. The molecule has 2 rings (SSSR count). The third-order valence-corrected chi connectivity index (χ3v) is 3.71. The molecular formula is C15H24N2O. The number of ether oxygens (including phenoxy) is 1. The summed E-state index contributed by atoms with van der Waals surface area (Å²) in [4.78, 5) is 2.31. The second kappa shape index (κ2) is 5.51. The fourth-order valence-electron chi connectivity index (χ4n) is 2.24. The summed E-state index contributed by atoms with van der Waals surface area (Å²) in [5.41, 5.74) is 7.88. The minimum atomic E-state index is 0.575. The second-order valence-electron chi connectivity index (χ2n) is 5.30. The van der Waals surface area contributed by atoms with Crippen molar-refractivity contribution in [3.8, 4) is 5.75 Å². The number of hydrogen-bond donors (Lipinski definition) is 1. The van der Waals surface area contributed by atoms with E-state index in [4.69, 9.17) is 10.5 Å². The molecule has 0 spiro atoms. The number of hydrogen-bond acceptors (Lipinski definition) is 3. The van der Waals surface area contributed by atoms with Gasteiger partial charge in [0.2, 0.25) is 0 Å². The monoisotopic (exact) mass is 248 g/mol. The van der Waals surface area contributed by atoms with E-state index in [9.17, 15) is 0 Å². The molecule has 1 aromatic carbocycles. The second-order valence-corrected chi connectivity index (χ2v) is 5.30. The van der Waals surface area contributed by atoms with Gasteiger partial charge in [0.15, 0.2) is 0 Å². The molecule has 18 heavy (non-hydrogen) atoms. The van der Waals surface area contributed by atoms with E-state index < -0.39 is 0 Å². The molecule has 0 aliphatic heterocycles. The van der Waals surface area contributed by atoms with Gasteiger partial charge >= 0.3 is 0 Å². The van der Waals surface area contributed by atoms with Crippen LogP contribution in [0.4, 0.5) is 11.4 Å². The SMILES string of the molecule is CCCOc1cc(N)cc(N(C)C(C)C2CC2)c1. The highest BCUT2D eigenvalue weighted by Crippen LogP contribution is 2.37. The van der Waals surface area contributed by atoms with Crippen LogP contribution in [-0.4, -0.2) is 19.7 Å². The number of nitrogens with zero attached hydrogens (tertiary/aromatic N) is 1. The summed E-state index contributed by atoms with van der Waals surface area (Å²) in [5.74, 6) is 1.72. The third-order valence-electron chi connectivity index (χ3n) is 3.71. The first kappa shape index (κ1) is 13.1. The van der Waals surface area contributed by atoms with E-state index in [1.807, 2.05) is 12.1 Å². The Labute approximate surface area is 110 Å². The lowest BCUT2D eigenvalue weighted by molar-refractivity contribution is 0.317. The first-order valence-electron chi connectivity index (χ1n) is 6.88. The van der Waals surface area contributed by atoms with Crippen molar-refractivity contribution in [2.75, 3.05) is 24.3 Å². The smallest absolute Gasteiger partial charge is 0.123 e. The van der Waals surface area contributed by atoms with Crippen LogP contribution in [0.1, 0.15) is 33.1 Å². The summed E-state index contributed by atoms with van der Waals surface area (Å²) in [5, 5.41) is 0. The molecule has 1 aromatic rings. The van der Waals surface area contributed by atoms with Crippen molar-refractivity contribution in [3.63, 3.8) is 0 Å². The van der Waals surface area contributed by atoms with Crippen LogP contribution in [-0.2, 0) is 0 Å². The van der Waals surface area contributed by atoms with Gasteiger partial charge in [0.05, 0.1) is 6.61 Å². The zero-order valence-electron chi connectivity index (χ0n) is 11.6. The summed E-state index contributed by atoms with van der Waals surface area (Å²) in [6.07, 6.45) is 3.72. The van der Waals surface area contributed by atoms with Gasteiger partial charge in [-0.3, -0.25) is 0 Å². The molecule has 0 bridgehead atoms. The fraction of sp³-hybridized carbons (Fsp3) is 0.600. The Kier molecular flexibility index (Phi) is 4.00. The molecule has 0 amide bonds. The van der Waals surface area contributed by atoms with Crippen LogP contribution in [0.3, 0.4) is 0 Å². The van der Waals surface area contributed by atoms with Gasteiger partial charge in [-0.1, -0.05) is 6.92 Å². The van der Waals surface area contributed by atoms with Crippen molar-refractivity contribution >= 4 is 11.4 Å². The Hall–Kier alpha value is -1.38. The van der Waals surface area contributed by atoms with E-state index in [-0.39, 0.29) is 0 Å². The lowest BCUT2D eigenvalue weighted by atomic mass is 10.1. The number of anilines is 2. The molecule has 1 aliphatic carbocycles. The van der Waals surface area contributed by atoms with E-state index in [1.54, 1.807) is 0 Å². The Bertz CT molecular complexity index is 401. The van der Waals surface area contributed by atoms with Gasteiger partial charge in [0.1, 0.15) is 5.75 Å². The van der Waals surface area contributed by atoms with Crippen LogP contribution in [0.25, 0.3) is 0 Å². The first-order chi connectivity index (χ1) is 8.61. The molecular weight excluding hydrogens is 224 g/mol. The van der Waals surface area contributed by atoms with Crippen LogP contribution in [0.5, 0.6) is 5.75 Å². The number of nitrogens with two attached hydrogens (primary N) is 1. The molecule has 1 atom stereocenters. The van der Waals surface area contributed by atoms with Crippen LogP contribution < -0.4 is 15.4 Å². The highest BCUT2D eigenvalue weighted by atomic mass is 16.5. The molecule has 3 heteroatoms. The average Bonchev–Trinajstić information content (AvgIpc) is 3.18. The molecule has 2 N–H and O–H groups in total. The summed E-state index contributed by atoms with van der Waals surface area (Å²) in [7, 11) is 2.14. The van der Waals surface area contributed by atoms with Gasteiger partial charge in [-0.25, -0.2) is 0 Å². The van der Waals surface area contributed by atoms with E-state index >= 15 is 0 Å². The van der Waals surface area contributed by atoms with Gasteiger partial charge in [0, 0.05) is 36.6 Å². The molecule has 1 aliphatic rings. The quantitative estimate of drug-likeness (QED) is 0.785. The van der Waals surface area contributed by atoms with Gasteiger partial charge in [-0.15, -0.1) is 0 Å². The molecule has 1 unspecified atom stereocenters. The number of nitrogen functional groups attached to an aromatic ring is 1. The van der Waals surface area contributed by atoms with Crippen LogP contribution in [0.15, 0.2) is 18.2 Å². The maximum absolute atomic E-state index is 5.95. The largest absolute Gasteiger partial charge is 0.493 e. The van der Waals surface area contributed by atoms with E-state index in [0.29, 0.717) is 6.04 Å². The standard InChI is InChI=1S/C15H24N2O/c1-4-7-18-15-9-13(16)8-14(10-15)17(3)11(2)12-5-6-12/h8-12H,4-7,16H2,1-3H3. The summed E-state index contributed by atoms with van der Waals surface area (Å²) < 4.78 is 5.68. The van der Waals surface area contributed by atoms with Gasteiger partial charge in [-0.05, 0) is 38.2 Å². The van der Waals surface area contributed by atoms with Crippen LogP contribution in [0.2, 0.25) is 0 Å². The van der Waals surface area contributed by atoms with Gasteiger partial charge in [-0.2, -0.15) is 0 Å². The summed E-state index contributed by atoms with van der Waals surface area (Å²) in [6, 6.07) is 6.59. The zero-order chi connectivity index (χ0) is 13.1. The minimum absolute atomic E-state index is 0.575. The fourth-order valence-corrected chi connectivity index (χ4v) is 2.24. The van der Waals surface area contributed by atoms with E-state index in [1.165, 1.54) is 12.8 Å². The van der Waals surface area contributed by atoms with Crippen LogP contribution >= 0.6 is 0 Å². The van der Waals surface area contributed by atoms with E-state index in [2.05, 4.69) is 31.9 Å². The molecule has 100 valence electrons. The third kappa shape index (κ3) is 3.09.